The van der Waals surface area contributed by atoms with Crippen molar-refractivity contribution in [2.75, 3.05) is 11.1 Å². The zero-order valence-electron chi connectivity index (χ0n) is 22.9. The lowest BCUT2D eigenvalue weighted by Gasteiger charge is -2.29. The van der Waals surface area contributed by atoms with Gasteiger partial charge in [0.15, 0.2) is 12.7 Å². The fourth-order valence-corrected chi connectivity index (χ4v) is 8.70. The van der Waals surface area contributed by atoms with E-state index in [1.807, 2.05) is 79.0 Å². The van der Waals surface area contributed by atoms with Crippen LogP contribution in [-0.4, -0.2) is 5.91 Å². The molecule has 0 radical (unpaired) electrons. The van der Waals surface area contributed by atoms with Gasteiger partial charge in [-0.3, -0.25) is 10.1 Å². The first kappa shape index (κ1) is 31.4. The van der Waals surface area contributed by atoms with E-state index in [-0.39, 0.29) is 5.91 Å². The van der Waals surface area contributed by atoms with Gasteiger partial charge in [0.2, 0.25) is 0 Å². The van der Waals surface area contributed by atoms with E-state index in [9.17, 15) is 4.79 Å². The molecule has 0 spiro atoms. The number of para-hydroxylation sites is 2. The summed E-state index contributed by atoms with van der Waals surface area (Å²) in [5.74, 6) is -0.174. The first-order chi connectivity index (χ1) is 20.7. The minimum Gasteiger partial charge on any atom is -0.397 e. The Bertz CT molecular complexity index is 1530. The van der Waals surface area contributed by atoms with Gasteiger partial charge in [-0.05, 0) is 60.7 Å². The number of benzene rings is 5. The normalized spacial score (nSPS) is 11.6. The second-order valence-electron chi connectivity index (χ2n) is 9.14. The topological polar surface area (TPSA) is 159 Å². The van der Waals surface area contributed by atoms with Crippen molar-refractivity contribution >= 4 is 40.5 Å². The van der Waals surface area contributed by atoms with E-state index in [2.05, 4.69) is 83.4 Å². The molecule has 0 atom stereocenters. The first-order valence-corrected chi connectivity index (χ1v) is 16.1. The van der Waals surface area contributed by atoms with E-state index in [0.29, 0.717) is 11.3 Å². The average molecular weight is 614 g/mol. The van der Waals surface area contributed by atoms with Crippen molar-refractivity contribution in [1.29, 1.82) is 0 Å². The molecule has 0 bridgehead atoms. The lowest BCUT2D eigenvalue weighted by Crippen LogP contribution is -2.68. The highest BCUT2D eigenvalue weighted by Gasteiger charge is 2.50. The largest absolute Gasteiger partial charge is 0.397 e. The monoisotopic (exact) mass is 613 g/mol. The molecule has 218 valence electrons. The number of nitrogens with two attached hydrogens (primary N) is 1. The van der Waals surface area contributed by atoms with Crippen LogP contribution in [0.4, 0.5) is 11.4 Å². The van der Waals surface area contributed by atoms with Gasteiger partial charge >= 0.3 is 0 Å². The van der Waals surface area contributed by atoms with Crippen molar-refractivity contribution in [3.05, 3.63) is 163 Å². The van der Waals surface area contributed by atoms with Gasteiger partial charge in [0.05, 0.1) is 17.6 Å². The highest BCUT2D eigenvalue weighted by Crippen LogP contribution is 2.61. The van der Waals surface area contributed by atoms with E-state index in [4.69, 9.17) is 24.4 Å². The van der Waals surface area contributed by atoms with E-state index in [0.717, 1.165) is 27.0 Å². The molecule has 0 saturated carbocycles. The van der Waals surface area contributed by atoms with Crippen LogP contribution < -0.4 is 50.9 Å². The Morgan fingerprint density at radius 3 is 1.40 bits per heavy atom. The highest BCUT2D eigenvalue weighted by atomic mass is 35.7. The van der Waals surface area contributed by atoms with Crippen LogP contribution in [0.2, 0.25) is 0 Å². The summed E-state index contributed by atoms with van der Waals surface area (Å²) in [5, 5.41) is 10.1. The van der Waals surface area contributed by atoms with Gasteiger partial charge in [0.1, 0.15) is 15.9 Å². The van der Waals surface area contributed by atoms with Crippen molar-refractivity contribution < 1.29 is 33.7 Å². The Balaban J connectivity index is 0.000000782. The van der Waals surface area contributed by atoms with Gasteiger partial charge in [0, 0.05) is 5.56 Å². The number of hydrogen-bond acceptors (Lipinski definition) is 7. The molecule has 4 N–H and O–H groups in total. The number of hydrogen-bond donors (Lipinski definition) is 3. The Labute approximate surface area is 252 Å². The van der Waals surface area contributed by atoms with Gasteiger partial charge in [-0.15, -0.1) is 10.2 Å². The minimum absolute atomic E-state index is 0.174. The van der Waals surface area contributed by atoms with Crippen molar-refractivity contribution in [1.82, 2.24) is 5.32 Å². The van der Waals surface area contributed by atoms with Crippen LogP contribution in [-0.2, 0) is 0 Å². The second kappa shape index (κ2) is 14.6. The lowest BCUT2D eigenvalue weighted by atomic mass is 10.2. The number of nitrogen functional groups attached to an aromatic ring is 1. The molecule has 0 aromatic heterocycles. The third-order valence-corrected chi connectivity index (χ3v) is 10.6. The van der Waals surface area contributed by atoms with Gasteiger partial charge in [-0.2, -0.15) is 0 Å². The predicted octanol–water partition coefficient (Wildman–Crippen LogP) is 1.15. The van der Waals surface area contributed by atoms with Crippen molar-refractivity contribution in [3.8, 4) is 0 Å². The zero-order valence-corrected chi connectivity index (χ0v) is 24.5. The Hall–Kier alpha value is -4.53. The third-order valence-electron chi connectivity index (χ3n) is 6.39. The third kappa shape index (κ3) is 8.28. The molecule has 0 aliphatic carbocycles. The number of nitrogens with one attached hydrogen (secondary N) is 2. The molecule has 0 fully saturated rings. The quantitative estimate of drug-likeness (QED) is 0.175. The summed E-state index contributed by atoms with van der Waals surface area (Å²) in [5.41, 5.74) is 9.03. The highest BCUT2D eigenvalue weighted by molar-refractivity contribution is 7.99. The van der Waals surface area contributed by atoms with Gasteiger partial charge in [-0.25, -0.2) is 18.6 Å². The van der Waals surface area contributed by atoms with Crippen molar-refractivity contribution in [2.45, 2.75) is 0 Å². The van der Waals surface area contributed by atoms with E-state index in [1.165, 1.54) is 0 Å². The maximum absolute atomic E-state index is 13.7. The van der Waals surface area contributed by atoms with Crippen molar-refractivity contribution in [3.63, 3.8) is 0 Å². The first-order valence-electron chi connectivity index (χ1n) is 13.1. The van der Waals surface area contributed by atoms with Crippen molar-refractivity contribution in [2.24, 2.45) is 0 Å². The maximum atomic E-state index is 13.7. The van der Waals surface area contributed by atoms with Gasteiger partial charge in [-0.1, -0.05) is 84.9 Å². The number of carbonyl (C=O) groups is 1. The molecule has 0 aliphatic heterocycles. The Kier molecular flexibility index (Phi) is 10.6. The molecule has 10 heteroatoms. The fraction of sp³-hybridized carbons (Fsp3) is 0. The van der Waals surface area contributed by atoms with Gasteiger partial charge in [0.25, 0.3) is 5.91 Å². The summed E-state index contributed by atoms with van der Waals surface area (Å²) >= 11 is 0. The van der Waals surface area contributed by atoms with Crippen LogP contribution in [0.5, 0.6) is 0 Å². The molecule has 0 aliphatic rings. The van der Waals surface area contributed by atoms with E-state index in [1.54, 1.807) is 0 Å². The summed E-state index contributed by atoms with van der Waals surface area (Å²) in [6, 6.07) is 48.1. The number of amides is 1. The molecule has 5 aromatic rings. The van der Waals surface area contributed by atoms with Crippen LogP contribution in [0.25, 0.3) is 0 Å². The molecule has 0 unspecified atom stereocenters. The number of carbonyl (C=O) groups excluding carboxylic acids is 1. The van der Waals surface area contributed by atoms with Crippen LogP contribution in [0.1, 0.15) is 10.4 Å². The lowest BCUT2D eigenvalue weighted by molar-refractivity contribution is -2.00. The standard InChI is InChI=1S/C33H28N3OP.ClHO4/c34-30-23-13-14-24-31(30)35-25-32(36-33(37)26-15-5-1-6-16-26)38(27-17-7-2-8-18-27,28-19-9-3-10-20-28)29-21-11-4-12-22-29;2-1(3,4)5/h1-25,35H,34H2;(H,2,3,4,5)/b32-25+;. The van der Waals surface area contributed by atoms with Crippen LogP contribution >= 0.6 is 7.26 Å². The van der Waals surface area contributed by atoms with Crippen LogP contribution in [0.3, 0.4) is 0 Å². The number of halogens is 1. The zero-order chi connectivity index (χ0) is 30.7. The smallest absolute Gasteiger partial charge is 0.258 e. The molecule has 43 heavy (non-hydrogen) atoms. The molecule has 0 saturated heterocycles. The molecular weight excluding hydrogens is 585 g/mol. The molecular formula is C33H29ClN3O5P. The van der Waals surface area contributed by atoms with Gasteiger partial charge < -0.3 is 11.1 Å². The summed E-state index contributed by atoms with van der Waals surface area (Å²) in [4.78, 5) is 13.7. The summed E-state index contributed by atoms with van der Waals surface area (Å²) in [6.07, 6.45) is 1.91. The van der Waals surface area contributed by atoms with E-state index >= 15 is 0 Å². The molecule has 8 nitrogen and oxygen atoms in total. The molecule has 0 heterocycles. The van der Waals surface area contributed by atoms with Crippen LogP contribution in [0, 0.1) is 10.2 Å². The number of rotatable bonds is 8. The maximum Gasteiger partial charge on any atom is 0.258 e. The van der Waals surface area contributed by atoms with E-state index < -0.39 is 17.5 Å². The Morgan fingerprint density at radius 2 is 0.977 bits per heavy atom. The average Bonchev–Trinajstić information content (AvgIpc) is 3.02. The summed E-state index contributed by atoms with van der Waals surface area (Å²) < 4.78 is 34.0. The SMILES string of the molecule is Nc1ccccc1N/C=C(\NC(=O)c1ccccc1)[P+](c1ccccc1)(c1ccccc1)c1ccccc1.[O-][Cl+3]([O-])([O-])[O-]. The summed E-state index contributed by atoms with van der Waals surface area (Å²) in [7, 11) is -7.51. The predicted molar refractivity (Wildman–Crippen MR) is 162 cm³/mol. The second-order valence-corrected chi connectivity index (χ2v) is 13.3. The summed E-state index contributed by atoms with van der Waals surface area (Å²) in [6.45, 7) is 0. The van der Waals surface area contributed by atoms with Crippen LogP contribution in [0.15, 0.2) is 157 Å². The molecule has 5 aromatic carbocycles. The number of anilines is 2. The molecule has 1 amide bonds. The minimum atomic E-state index is -4.94. The molecule has 5 rings (SSSR count). The Morgan fingerprint density at radius 1 is 0.605 bits per heavy atom. The fourth-order valence-electron chi connectivity index (χ4n) is 4.59.